The number of carbonyl (C=O) groups excluding carboxylic acids is 1. The number of carbonyl (C=O) groups is 1. The van der Waals surface area contributed by atoms with Crippen LogP contribution in [0.3, 0.4) is 0 Å². The first-order chi connectivity index (χ1) is 14.7. The maximum absolute atomic E-state index is 15.1. The molecule has 2 heterocycles. The van der Waals surface area contributed by atoms with Crippen LogP contribution in [0.25, 0.3) is 11.0 Å². The Kier molecular flexibility index (Phi) is 5.71. The molecule has 0 unspecified atom stereocenters. The molecule has 4 rings (SSSR count). The molecule has 0 atom stereocenters. The van der Waals surface area contributed by atoms with Crippen molar-refractivity contribution in [2.24, 2.45) is 5.92 Å². The van der Waals surface area contributed by atoms with Crippen molar-refractivity contribution in [3.05, 3.63) is 58.4 Å². The number of aromatic amines is 1. The van der Waals surface area contributed by atoms with Gasteiger partial charge in [-0.3, -0.25) is 9.52 Å². The van der Waals surface area contributed by atoms with Gasteiger partial charge in [-0.25, -0.2) is 13.8 Å². The second-order valence-corrected chi connectivity index (χ2v) is 9.74. The van der Waals surface area contributed by atoms with Crippen molar-refractivity contribution < 1.29 is 22.0 Å². The van der Waals surface area contributed by atoms with Gasteiger partial charge in [0.15, 0.2) is 5.82 Å². The van der Waals surface area contributed by atoms with E-state index in [1.807, 2.05) is 0 Å². The average molecular weight is 469 g/mol. The van der Waals surface area contributed by atoms with Crippen LogP contribution in [-0.4, -0.2) is 42.1 Å². The Morgan fingerprint density at radius 3 is 2.81 bits per heavy atom. The number of halogens is 3. The van der Waals surface area contributed by atoms with Crippen LogP contribution in [-0.2, 0) is 10.2 Å². The van der Waals surface area contributed by atoms with Crippen molar-refractivity contribution in [1.82, 2.24) is 14.3 Å². The Hall–Kier alpha value is -2.56. The molecular weight excluding hydrogens is 450 g/mol. The summed E-state index contributed by atoms with van der Waals surface area (Å²) >= 11 is 5.92. The fraction of sp³-hybridized carbons (Fsp3) is 0.300. The van der Waals surface area contributed by atoms with Crippen molar-refractivity contribution in [3.8, 4) is 0 Å². The predicted molar refractivity (Wildman–Crippen MR) is 113 cm³/mol. The normalized spacial score (nSPS) is 14.4. The standard InChI is InChI=1S/C20H19ClF2N4O3S/c1-27(7-6-11-2-3-11)31(29,30)26-16-5-4-15(22)17(18(16)23)19(28)14-10-25-20-13(14)8-12(21)9-24-20/h4-5,8-11,26H,2-3,6-7H2,1H3,(H,24,25). The lowest BCUT2D eigenvalue weighted by Gasteiger charge is -2.19. The number of ketones is 1. The summed E-state index contributed by atoms with van der Waals surface area (Å²) in [5.41, 5.74) is -1.10. The molecule has 0 bridgehead atoms. The van der Waals surface area contributed by atoms with Gasteiger partial charge in [-0.05, 0) is 30.5 Å². The van der Waals surface area contributed by atoms with E-state index in [9.17, 15) is 17.6 Å². The quantitative estimate of drug-likeness (QED) is 0.486. The Morgan fingerprint density at radius 1 is 1.35 bits per heavy atom. The Bertz CT molecular complexity index is 1270. The number of pyridine rings is 1. The number of nitrogens with zero attached hydrogens (tertiary/aromatic N) is 2. The van der Waals surface area contributed by atoms with E-state index in [0.29, 0.717) is 23.4 Å². The number of rotatable bonds is 8. The monoisotopic (exact) mass is 468 g/mol. The summed E-state index contributed by atoms with van der Waals surface area (Å²) in [4.78, 5) is 19.7. The van der Waals surface area contributed by atoms with Gasteiger partial charge < -0.3 is 4.98 Å². The highest BCUT2D eigenvalue weighted by atomic mass is 35.5. The molecule has 2 aromatic heterocycles. The molecule has 1 aliphatic rings. The third-order valence-electron chi connectivity index (χ3n) is 5.26. The number of H-pyrrole nitrogens is 1. The van der Waals surface area contributed by atoms with Crippen molar-refractivity contribution in [2.75, 3.05) is 18.3 Å². The molecule has 0 aliphatic heterocycles. The molecule has 2 N–H and O–H groups in total. The predicted octanol–water partition coefficient (Wildman–Crippen LogP) is 4.11. The summed E-state index contributed by atoms with van der Waals surface area (Å²) in [5, 5.41) is 0.542. The molecule has 0 radical (unpaired) electrons. The van der Waals surface area contributed by atoms with Gasteiger partial charge in [0.05, 0.1) is 16.3 Å². The van der Waals surface area contributed by atoms with Crippen molar-refractivity contribution >= 4 is 44.3 Å². The molecule has 0 saturated heterocycles. The number of hydrogen-bond donors (Lipinski definition) is 2. The Morgan fingerprint density at radius 2 is 2.10 bits per heavy atom. The van der Waals surface area contributed by atoms with Gasteiger partial charge in [-0.2, -0.15) is 12.7 Å². The molecule has 1 fully saturated rings. The molecule has 1 aliphatic carbocycles. The molecule has 0 amide bonds. The van der Waals surface area contributed by atoms with Crippen molar-refractivity contribution in [2.45, 2.75) is 19.3 Å². The molecule has 164 valence electrons. The van der Waals surface area contributed by atoms with Crippen LogP contribution in [0.15, 0.2) is 30.6 Å². The molecule has 31 heavy (non-hydrogen) atoms. The SMILES string of the molecule is CN(CCC1CC1)S(=O)(=O)Nc1ccc(F)c(C(=O)c2c[nH]c3ncc(Cl)cc23)c1F. The minimum Gasteiger partial charge on any atom is -0.345 e. The summed E-state index contributed by atoms with van der Waals surface area (Å²) in [6.45, 7) is 0.275. The zero-order valence-corrected chi connectivity index (χ0v) is 18.0. The fourth-order valence-electron chi connectivity index (χ4n) is 3.25. The number of anilines is 1. The zero-order chi connectivity index (χ0) is 22.3. The number of nitrogens with one attached hydrogen (secondary N) is 2. The van der Waals surface area contributed by atoms with Gasteiger partial charge in [0, 0.05) is 36.9 Å². The lowest BCUT2D eigenvalue weighted by Crippen LogP contribution is -2.34. The third-order valence-corrected chi connectivity index (χ3v) is 6.95. The largest absolute Gasteiger partial charge is 0.345 e. The van der Waals surface area contributed by atoms with Crippen LogP contribution in [0.2, 0.25) is 5.02 Å². The van der Waals surface area contributed by atoms with Crippen molar-refractivity contribution in [3.63, 3.8) is 0 Å². The first-order valence-corrected chi connectivity index (χ1v) is 11.4. The van der Waals surface area contributed by atoms with E-state index < -0.39 is 38.9 Å². The van der Waals surface area contributed by atoms with Crippen LogP contribution in [0.1, 0.15) is 35.2 Å². The Labute approximate surface area is 182 Å². The minimum atomic E-state index is -4.08. The minimum absolute atomic E-state index is 0.0376. The number of hydrogen-bond acceptors (Lipinski definition) is 4. The fourth-order valence-corrected chi connectivity index (χ4v) is 4.34. The smallest absolute Gasteiger partial charge is 0.301 e. The van der Waals surface area contributed by atoms with Crippen LogP contribution < -0.4 is 4.72 Å². The van der Waals surface area contributed by atoms with Crippen LogP contribution in [0.5, 0.6) is 0 Å². The van der Waals surface area contributed by atoms with Crippen LogP contribution in [0.4, 0.5) is 14.5 Å². The molecule has 3 aromatic rings. The Balaban J connectivity index is 1.65. The average Bonchev–Trinajstić information content (AvgIpc) is 3.46. The summed E-state index contributed by atoms with van der Waals surface area (Å²) < 4.78 is 57.8. The van der Waals surface area contributed by atoms with Gasteiger partial charge in [0.2, 0.25) is 5.78 Å². The summed E-state index contributed by atoms with van der Waals surface area (Å²) in [6.07, 6.45) is 5.51. The summed E-state index contributed by atoms with van der Waals surface area (Å²) in [7, 11) is -2.70. The van der Waals surface area contributed by atoms with Gasteiger partial charge in [0.25, 0.3) is 0 Å². The van der Waals surface area contributed by atoms with E-state index in [4.69, 9.17) is 11.6 Å². The first-order valence-electron chi connectivity index (χ1n) is 9.57. The summed E-state index contributed by atoms with van der Waals surface area (Å²) in [5.74, 6) is -2.86. The van der Waals surface area contributed by atoms with E-state index in [1.165, 1.54) is 25.5 Å². The van der Waals surface area contributed by atoms with Gasteiger partial charge >= 0.3 is 10.2 Å². The molecule has 7 nitrogen and oxygen atoms in total. The van der Waals surface area contributed by atoms with E-state index in [1.54, 1.807) is 0 Å². The van der Waals surface area contributed by atoms with Gasteiger partial charge in [0.1, 0.15) is 11.5 Å². The van der Waals surface area contributed by atoms with E-state index in [0.717, 1.165) is 29.3 Å². The highest BCUT2D eigenvalue weighted by molar-refractivity contribution is 7.90. The van der Waals surface area contributed by atoms with Gasteiger partial charge in [-0.15, -0.1) is 0 Å². The summed E-state index contributed by atoms with van der Waals surface area (Å²) in [6, 6.07) is 3.24. The second-order valence-electron chi connectivity index (χ2n) is 7.53. The van der Waals surface area contributed by atoms with Gasteiger partial charge in [-0.1, -0.05) is 24.4 Å². The molecule has 1 aromatic carbocycles. The molecule has 1 saturated carbocycles. The van der Waals surface area contributed by atoms with E-state index >= 15 is 4.39 Å². The maximum atomic E-state index is 15.1. The highest BCUT2D eigenvalue weighted by Gasteiger charge is 2.28. The van der Waals surface area contributed by atoms with Crippen molar-refractivity contribution in [1.29, 1.82) is 0 Å². The molecular formula is C20H19ClF2N4O3S. The lowest BCUT2D eigenvalue weighted by atomic mass is 10.0. The first kappa shape index (κ1) is 21.7. The van der Waals surface area contributed by atoms with Crippen LogP contribution in [0, 0.1) is 17.6 Å². The molecule has 0 spiro atoms. The maximum Gasteiger partial charge on any atom is 0.301 e. The van der Waals surface area contributed by atoms with E-state index in [2.05, 4.69) is 14.7 Å². The lowest BCUT2D eigenvalue weighted by molar-refractivity contribution is 0.103. The number of fused-ring (bicyclic) bond motifs is 1. The topological polar surface area (TPSA) is 95.2 Å². The zero-order valence-electron chi connectivity index (χ0n) is 16.5. The van der Waals surface area contributed by atoms with E-state index in [-0.39, 0.29) is 17.1 Å². The van der Waals surface area contributed by atoms with Crippen LogP contribution >= 0.6 is 11.6 Å². The third kappa shape index (κ3) is 4.41. The highest BCUT2D eigenvalue weighted by Crippen LogP contribution is 2.33. The molecule has 11 heteroatoms. The second kappa shape index (κ2) is 8.18. The number of aromatic nitrogens is 2. The number of benzene rings is 1.